The Morgan fingerprint density at radius 2 is 2.17 bits per heavy atom. The van der Waals surface area contributed by atoms with E-state index in [9.17, 15) is 9.90 Å². The van der Waals surface area contributed by atoms with E-state index >= 15 is 0 Å². The zero-order chi connectivity index (χ0) is 13.3. The van der Waals surface area contributed by atoms with Crippen LogP contribution in [0.15, 0.2) is 18.2 Å². The van der Waals surface area contributed by atoms with Crippen LogP contribution in [0.5, 0.6) is 0 Å². The average molecular weight is 248 g/mol. The maximum atomic E-state index is 11.6. The van der Waals surface area contributed by atoms with Gasteiger partial charge in [-0.25, -0.2) is 0 Å². The van der Waals surface area contributed by atoms with Gasteiger partial charge < -0.3 is 15.3 Å². The van der Waals surface area contributed by atoms with Crippen LogP contribution in [-0.4, -0.2) is 30.6 Å². The van der Waals surface area contributed by atoms with E-state index in [4.69, 9.17) is 0 Å². The van der Waals surface area contributed by atoms with E-state index in [0.717, 1.165) is 16.8 Å². The average Bonchev–Trinajstić information content (AvgIpc) is 2.61. The lowest BCUT2D eigenvalue weighted by Crippen LogP contribution is -2.27. The maximum absolute atomic E-state index is 11.6. The molecule has 1 atom stereocenters. The molecule has 18 heavy (non-hydrogen) atoms. The molecule has 0 saturated heterocycles. The van der Waals surface area contributed by atoms with Crippen molar-refractivity contribution in [1.82, 2.24) is 5.32 Å². The van der Waals surface area contributed by atoms with Gasteiger partial charge in [0.15, 0.2) is 0 Å². The Balaban J connectivity index is 2.13. The summed E-state index contributed by atoms with van der Waals surface area (Å²) in [5, 5.41) is 13.3. The summed E-state index contributed by atoms with van der Waals surface area (Å²) < 4.78 is 0. The Morgan fingerprint density at radius 3 is 2.83 bits per heavy atom. The Labute approximate surface area is 108 Å². The van der Waals surface area contributed by atoms with E-state index < -0.39 is 6.10 Å². The molecule has 0 aliphatic carbocycles. The third-order valence-corrected chi connectivity index (χ3v) is 3.28. The second-order valence-electron chi connectivity index (χ2n) is 5.10. The molecule has 0 fully saturated rings. The molecule has 0 radical (unpaired) electrons. The number of aliphatic hydroxyl groups is 1. The van der Waals surface area contributed by atoms with Gasteiger partial charge in [0.1, 0.15) is 0 Å². The molecule has 1 aromatic rings. The molecule has 4 heteroatoms. The second kappa shape index (κ2) is 5.08. The van der Waals surface area contributed by atoms with Gasteiger partial charge in [-0.1, -0.05) is 26.0 Å². The number of likely N-dealkylation sites (N-methyl/N-ethyl adjacent to an activating group) is 1. The normalized spacial score (nSPS) is 16.3. The number of anilines is 1. The quantitative estimate of drug-likeness (QED) is 0.843. The number of benzene rings is 1. The van der Waals surface area contributed by atoms with Crippen molar-refractivity contribution >= 4 is 11.6 Å². The molecule has 1 aliphatic rings. The number of amides is 1. The van der Waals surface area contributed by atoms with Crippen LogP contribution in [0, 0.1) is 0 Å². The third kappa shape index (κ3) is 2.54. The summed E-state index contributed by atoms with van der Waals surface area (Å²) >= 11 is 0. The zero-order valence-corrected chi connectivity index (χ0v) is 11.1. The number of fused-ring (bicyclic) bond motifs is 1. The predicted molar refractivity (Wildman–Crippen MR) is 71.7 cm³/mol. The van der Waals surface area contributed by atoms with Gasteiger partial charge in [0.2, 0.25) is 5.91 Å². The highest BCUT2D eigenvalue weighted by Crippen LogP contribution is 2.29. The molecule has 1 aromatic carbocycles. The molecule has 0 saturated carbocycles. The van der Waals surface area contributed by atoms with E-state index in [1.807, 2.05) is 32.0 Å². The Hall–Kier alpha value is -1.39. The molecule has 0 bridgehead atoms. The first-order valence-electron chi connectivity index (χ1n) is 6.30. The summed E-state index contributed by atoms with van der Waals surface area (Å²) in [5.41, 5.74) is 2.82. The highest BCUT2D eigenvalue weighted by Gasteiger charge is 2.24. The highest BCUT2D eigenvalue weighted by molar-refractivity contribution is 6.00. The summed E-state index contributed by atoms with van der Waals surface area (Å²) in [6.45, 7) is 4.62. The second-order valence-corrected chi connectivity index (χ2v) is 5.10. The molecule has 1 unspecified atom stereocenters. The van der Waals surface area contributed by atoms with Gasteiger partial charge in [-0.3, -0.25) is 4.79 Å². The smallest absolute Gasteiger partial charge is 0.231 e. The number of nitrogens with zero attached hydrogens (tertiary/aromatic N) is 1. The van der Waals surface area contributed by atoms with Crippen LogP contribution in [0.25, 0.3) is 0 Å². The van der Waals surface area contributed by atoms with Crippen LogP contribution in [-0.2, 0) is 11.2 Å². The van der Waals surface area contributed by atoms with Gasteiger partial charge in [0, 0.05) is 25.3 Å². The first-order chi connectivity index (χ1) is 8.49. The van der Waals surface area contributed by atoms with E-state index in [0.29, 0.717) is 19.0 Å². The van der Waals surface area contributed by atoms with Gasteiger partial charge in [0.05, 0.1) is 12.5 Å². The molecule has 0 spiro atoms. The third-order valence-electron chi connectivity index (χ3n) is 3.28. The van der Waals surface area contributed by atoms with Crippen LogP contribution in [0.3, 0.4) is 0 Å². The van der Waals surface area contributed by atoms with Gasteiger partial charge in [0.25, 0.3) is 0 Å². The number of hydrogen-bond donors (Lipinski definition) is 2. The molecule has 2 N–H and O–H groups in total. The van der Waals surface area contributed by atoms with Gasteiger partial charge in [-0.15, -0.1) is 0 Å². The summed E-state index contributed by atoms with van der Waals surface area (Å²) in [6.07, 6.45) is -0.0944. The van der Waals surface area contributed by atoms with E-state index in [-0.39, 0.29) is 5.91 Å². The van der Waals surface area contributed by atoms with Crippen molar-refractivity contribution in [3.63, 3.8) is 0 Å². The molecule has 1 heterocycles. The lowest BCUT2D eigenvalue weighted by molar-refractivity contribution is -0.117. The highest BCUT2D eigenvalue weighted by atomic mass is 16.3. The molecule has 4 nitrogen and oxygen atoms in total. The minimum atomic E-state index is -0.529. The van der Waals surface area contributed by atoms with Gasteiger partial charge in [-0.2, -0.15) is 0 Å². The Kier molecular flexibility index (Phi) is 3.68. The van der Waals surface area contributed by atoms with E-state index in [1.54, 1.807) is 11.9 Å². The summed E-state index contributed by atoms with van der Waals surface area (Å²) in [6, 6.07) is 6.08. The van der Waals surface area contributed by atoms with Crippen molar-refractivity contribution in [2.45, 2.75) is 32.4 Å². The number of nitrogens with one attached hydrogen (secondary N) is 1. The van der Waals surface area contributed by atoms with Crippen LogP contribution in [0.2, 0.25) is 0 Å². The Bertz CT molecular complexity index is 457. The van der Waals surface area contributed by atoms with Gasteiger partial charge in [-0.05, 0) is 17.2 Å². The fourth-order valence-electron chi connectivity index (χ4n) is 2.16. The van der Waals surface area contributed by atoms with E-state index in [1.165, 1.54) is 0 Å². The first kappa shape index (κ1) is 13.1. The number of carbonyl (C=O) groups excluding carboxylic acids is 1. The zero-order valence-electron chi connectivity index (χ0n) is 11.1. The lowest BCUT2D eigenvalue weighted by atomic mass is 10.0. The Morgan fingerprint density at radius 1 is 1.44 bits per heavy atom. The summed E-state index contributed by atoms with van der Waals surface area (Å²) in [4.78, 5) is 13.2. The number of carbonyl (C=O) groups is 1. The lowest BCUT2D eigenvalue weighted by Gasteiger charge is -2.16. The minimum Gasteiger partial charge on any atom is -0.387 e. The molecular weight excluding hydrogens is 228 g/mol. The monoisotopic (exact) mass is 248 g/mol. The first-order valence-corrected chi connectivity index (χ1v) is 6.30. The maximum Gasteiger partial charge on any atom is 0.231 e. The standard InChI is InChI=1S/C14H20N2O2/c1-9(2)15-8-13(17)10-4-5-12-11(6-10)7-14(18)16(12)3/h4-6,9,13,15,17H,7-8H2,1-3H3. The molecule has 1 amide bonds. The molecule has 1 aliphatic heterocycles. The van der Waals surface area contributed by atoms with Gasteiger partial charge >= 0.3 is 0 Å². The van der Waals surface area contributed by atoms with Crippen LogP contribution >= 0.6 is 0 Å². The number of aliphatic hydroxyl groups excluding tert-OH is 1. The van der Waals surface area contributed by atoms with Crippen molar-refractivity contribution in [2.24, 2.45) is 0 Å². The largest absolute Gasteiger partial charge is 0.387 e. The summed E-state index contributed by atoms with van der Waals surface area (Å²) in [5.74, 6) is 0.108. The molecular formula is C14H20N2O2. The fourth-order valence-corrected chi connectivity index (χ4v) is 2.16. The summed E-state index contributed by atoms with van der Waals surface area (Å²) in [7, 11) is 1.78. The van der Waals surface area contributed by atoms with E-state index in [2.05, 4.69) is 5.32 Å². The van der Waals surface area contributed by atoms with Crippen LogP contribution in [0.4, 0.5) is 5.69 Å². The number of rotatable bonds is 4. The SMILES string of the molecule is CC(C)NCC(O)c1ccc2c(c1)CC(=O)N2C. The van der Waals surface area contributed by atoms with Crippen molar-refractivity contribution in [3.8, 4) is 0 Å². The van der Waals surface area contributed by atoms with Crippen LogP contribution < -0.4 is 10.2 Å². The van der Waals surface area contributed by atoms with Crippen molar-refractivity contribution in [1.29, 1.82) is 0 Å². The van der Waals surface area contributed by atoms with Crippen molar-refractivity contribution in [2.75, 3.05) is 18.5 Å². The molecule has 0 aromatic heterocycles. The minimum absolute atomic E-state index is 0.108. The molecule has 98 valence electrons. The topological polar surface area (TPSA) is 52.6 Å². The van der Waals surface area contributed by atoms with Crippen molar-refractivity contribution in [3.05, 3.63) is 29.3 Å². The predicted octanol–water partition coefficient (Wildman–Crippen LogP) is 1.24. The van der Waals surface area contributed by atoms with Crippen LogP contribution in [0.1, 0.15) is 31.1 Å². The fraction of sp³-hybridized carbons (Fsp3) is 0.500. The van der Waals surface area contributed by atoms with Crippen molar-refractivity contribution < 1.29 is 9.90 Å². The molecule has 2 rings (SSSR count). The number of hydrogen-bond acceptors (Lipinski definition) is 3.